The molecular formula is C9H7BrN2O3S2. The summed E-state index contributed by atoms with van der Waals surface area (Å²) in [6.07, 6.45) is 0. The van der Waals surface area contributed by atoms with Crippen molar-refractivity contribution in [2.24, 2.45) is 0 Å². The molecule has 90 valence electrons. The van der Waals surface area contributed by atoms with Gasteiger partial charge in [-0.3, -0.25) is 4.79 Å². The summed E-state index contributed by atoms with van der Waals surface area (Å²) in [5, 5.41) is 16.4. The number of aliphatic carboxylic acids is 1. The van der Waals surface area contributed by atoms with E-state index in [0.29, 0.717) is 5.89 Å². The second-order valence-electron chi connectivity index (χ2n) is 3.12. The van der Waals surface area contributed by atoms with Crippen molar-refractivity contribution in [1.82, 2.24) is 10.2 Å². The number of carbonyl (C=O) groups is 1. The minimum atomic E-state index is -0.913. The number of thiophene rings is 1. The van der Waals surface area contributed by atoms with Gasteiger partial charge in [0.25, 0.3) is 11.1 Å². The van der Waals surface area contributed by atoms with Gasteiger partial charge >= 0.3 is 5.97 Å². The van der Waals surface area contributed by atoms with Crippen LogP contribution in [-0.4, -0.2) is 27.0 Å². The molecule has 17 heavy (non-hydrogen) atoms. The standard InChI is InChI=1S/C9H7BrN2O3S2/c1-4-2-5(17-7(4)10)8-11-12-9(15-8)16-3-6(13)14/h2H,3H2,1H3,(H,13,14). The number of aromatic nitrogens is 2. The summed E-state index contributed by atoms with van der Waals surface area (Å²) < 4.78 is 6.37. The summed E-state index contributed by atoms with van der Waals surface area (Å²) in [6, 6.07) is 1.94. The first-order valence-electron chi connectivity index (χ1n) is 4.50. The minimum absolute atomic E-state index is 0.0885. The van der Waals surface area contributed by atoms with Crippen LogP contribution in [0, 0.1) is 6.92 Å². The Labute approximate surface area is 113 Å². The Morgan fingerprint density at radius 3 is 3.00 bits per heavy atom. The Bertz CT molecular complexity index is 533. The van der Waals surface area contributed by atoms with Crippen molar-refractivity contribution in [3.63, 3.8) is 0 Å². The Kier molecular flexibility index (Phi) is 3.85. The van der Waals surface area contributed by atoms with E-state index in [1.54, 1.807) is 0 Å². The molecule has 0 fully saturated rings. The smallest absolute Gasteiger partial charge is 0.314 e. The van der Waals surface area contributed by atoms with E-state index in [9.17, 15) is 4.79 Å². The van der Waals surface area contributed by atoms with E-state index in [1.807, 2.05) is 13.0 Å². The van der Waals surface area contributed by atoms with Crippen LogP contribution in [0.5, 0.6) is 0 Å². The zero-order chi connectivity index (χ0) is 12.4. The number of aryl methyl sites for hydroxylation is 1. The topological polar surface area (TPSA) is 76.2 Å². The van der Waals surface area contributed by atoms with E-state index >= 15 is 0 Å². The third-order valence-electron chi connectivity index (χ3n) is 1.79. The number of hydrogen-bond donors (Lipinski definition) is 1. The van der Waals surface area contributed by atoms with Crippen LogP contribution in [0.3, 0.4) is 0 Å². The summed E-state index contributed by atoms with van der Waals surface area (Å²) in [5.74, 6) is -0.587. The average Bonchev–Trinajstić information content (AvgIpc) is 2.84. The number of hydrogen-bond acceptors (Lipinski definition) is 6. The SMILES string of the molecule is Cc1cc(-c2nnc(SCC(=O)O)o2)sc1Br. The first-order chi connectivity index (χ1) is 8.06. The van der Waals surface area contributed by atoms with E-state index in [2.05, 4.69) is 26.1 Å². The van der Waals surface area contributed by atoms with Gasteiger partial charge in [0.2, 0.25) is 0 Å². The fourth-order valence-corrected chi connectivity index (χ4v) is 3.00. The molecule has 0 radical (unpaired) electrons. The van der Waals surface area contributed by atoms with Crippen molar-refractivity contribution >= 4 is 45.0 Å². The molecule has 2 heterocycles. The fourth-order valence-electron chi connectivity index (χ4n) is 1.06. The Balaban J connectivity index is 2.15. The zero-order valence-electron chi connectivity index (χ0n) is 8.64. The first-order valence-corrected chi connectivity index (χ1v) is 7.10. The van der Waals surface area contributed by atoms with Crippen LogP contribution in [0.1, 0.15) is 5.56 Å². The van der Waals surface area contributed by atoms with Crippen LogP contribution in [0.4, 0.5) is 0 Å². The van der Waals surface area contributed by atoms with Crippen LogP contribution in [0.2, 0.25) is 0 Å². The van der Waals surface area contributed by atoms with Gasteiger partial charge in [-0.25, -0.2) is 0 Å². The summed E-state index contributed by atoms with van der Waals surface area (Å²) in [7, 11) is 0. The van der Waals surface area contributed by atoms with Gasteiger partial charge in [0.05, 0.1) is 8.66 Å². The van der Waals surface area contributed by atoms with Gasteiger partial charge in [0, 0.05) is 0 Å². The summed E-state index contributed by atoms with van der Waals surface area (Å²) in [5.41, 5.74) is 1.10. The van der Waals surface area contributed by atoms with Crippen molar-refractivity contribution in [3.8, 4) is 10.8 Å². The lowest BCUT2D eigenvalue weighted by Crippen LogP contribution is -1.97. The van der Waals surface area contributed by atoms with Crippen molar-refractivity contribution in [2.75, 3.05) is 5.75 Å². The molecule has 0 aliphatic rings. The molecule has 0 aliphatic carbocycles. The van der Waals surface area contributed by atoms with Crippen LogP contribution in [-0.2, 0) is 4.79 Å². The van der Waals surface area contributed by atoms with Crippen molar-refractivity contribution < 1.29 is 14.3 Å². The van der Waals surface area contributed by atoms with Crippen LogP contribution in [0.25, 0.3) is 10.8 Å². The molecule has 5 nitrogen and oxygen atoms in total. The third kappa shape index (κ3) is 3.08. The molecule has 0 saturated carbocycles. The molecule has 0 aliphatic heterocycles. The molecule has 2 rings (SSSR count). The predicted molar refractivity (Wildman–Crippen MR) is 68.4 cm³/mol. The lowest BCUT2D eigenvalue weighted by molar-refractivity contribution is -0.133. The van der Waals surface area contributed by atoms with Gasteiger partial charge in [-0.05, 0) is 34.5 Å². The van der Waals surface area contributed by atoms with E-state index in [-0.39, 0.29) is 11.0 Å². The number of carboxylic acid groups (broad SMARTS) is 1. The molecule has 1 N–H and O–H groups in total. The number of thioether (sulfide) groups is 1. The molecule has 0 amide bonds. The highest BCUT2D eigenvalue weighted by molar-refractivity contribution is 9.11. The molecule has 0 aromatic carbocycles. The van der Waals surface area contributed by atoms with Gasteiger partial charge in [-0.15, -0.1) is 21.5 Å². The second kappa shape index (κ2) is 5.19. The first kappa shape index (κ1) is 12.6. The maximum Gasteiger partial charge on any atom is 0.314 e. The van der Waals surface area contributed by atoms with Crippen LogP contribution >= 0.6 is 39.0 Å². The maximum atomic E-state index is 10.4. The number of carboxylic acids is 1. The van der Waals surface area contributed by atoms with E-state index < -0.39 is 5.97 Å². The summed E-state index contributed by atoms with van der Waals surface area (Å²) in [4.78, 5) is 11.2. The lowest BCUT2D eigenvalue weighted by Gasteiger charge is -1.88. The third-order valence-corrected chi connectivity index (χ3v) is 4.72. The highest BCUT2D eigenvalue weighted by Gasteiger charge is 2.13. The number of nitrogens with zero attached hydrogens (tertiary/aromatic N) is 2. The Morgan fingerprint density at radius 2 is 2.41 bits per heavy atom. The number of rotatable bonds is 4. The molecule has 0 spiro atoms. The monoisotopic (exact) mass is 334 g/mol. The van der Waals surface area contributed by atoms with Crippen molar-refractivity contribution in [2.45, 2.75) is 12.1 Å². The lowest BCUT2D eigenvalue weighted by atomic mass is 10.3. The molecule has 2 aromatic heterocycles. The van der Waals surface area contributed by atoms with Crippen molar-refractivity contribution in [3.05, 3.63) is 15.4 Å². The highest BCUT2D eigenvalue weighted by atomic mass is 79.9. The normalized spacial score (nSPS) is 10.7. The highest BCUT2D eigenvalue weighted by Crippen LogP contribution is 2.34. The molecule has 0 bridgehead atoms. The van der Waals surface area contributed by atoms with E-state index in [1.165, 1.54) is 11.3 Å². The molecule has 0 saturated heterocycles. The fraction of sp³-hybridized carbons (Fsp3) is 0.222. The summed E-state index contributed by atoms with van der Waals surface area (Å²) in [6.45, 7) is 1.97. The van der Waals surface area contributed by atoms with E-state index in [4.69, 9.17) is 9.52 Å². The number of halogens is 1. The zero-order valence-corrected chi connectivity index (χ0v) is 11.9. The van der Waals surface area contributed by atoms with Gasteiger partial charge in [0.1, 0.15) is 5.75 Å². The summed E-state index contributed by atoms with van der Waals surface area (Å²) >= 11 is 5.92. The Morgan fingerprint density at radius 1 is 1.65 bits per heavy atom. The second-order valence-corrected chi connectivity index (χ2v) is 6.42. The minimum Gasteiger partial charge on any atom is -0.481 e. The molecule has 2 aromatic rings. The molecule has 8 heteroatoms. The van der Waals surface area contributed by atoms with Crippen LogP contribution < -0.4 is 0 Å². The van der Waals surface area contributed by atoms with Gasteiger partial charge in [0.15, 0.2) is 0 Å². The quantitative estimate of drug-likeness (QED) is 0.866. The Hall–Kier alpha value is -0.860. The molecule has 0 unspecified atom stereocenters. The van der Waals surface area contributed by atoms with Crippen molar-refractivity contribution in [1.29, 1.82) is 0 Å². The molecule has 0 atom stereocenters. The van der Waals surface area contributed by atoms with E-state index in [0.717, 1.165) is 26.0 Å². The average molecular weight is 335 g/mol. The van der Waals surface area contributed by atoms with Gasteiger partial charge in [-0.1, -0.05) is 11.8 Å². The maximum absolute atomic E-state index is 10.4. The molecular weight excluding hydrogens is 328 g/mol. The van der Waals surface area contributed by atoms with Gasteiger partial charge < -0.3 is 9.52 Å². The van der Waals surface area contributed by atoms with Gasteiger partial charge in [-0.2, -0.15) is 0 Å². The largest absolute Gasteiger partial charge is 0.481 e. The van der Waals surface area contributed by atoms with Crippen LogP contribution in [0.15, 0.2) is 19.5 Å². The predicted octanol–water partition coefficient (Wildman–Crippen LogP) is 3.05.